The normalized spacial score (nSPS) is 16.9. The van der Waals surface area contributed by atoms with Gasteiger partial charge in [0.2, 0.25) is 0 Å². The highest BCUT2D eigenvalue weighted by molar-refractivity contribution is 5.56. The summed E-state index contributed by atoms with van der Waals surface area (Å²) in [7, 11) is 2.10. The van der Waals surface area contributed by atoms with E-state index in [1.54, 1.807) is 6.07 Å². The second-order valence-electron chi connectivity index (χ2n) is 4.88. The highest BCUT2D eigenvalue weighted by Crippen LogP contribution is 2.23. The van der Waals surface area contributed by atoms with Crippen molar-refractivity contribution < 1.29 is 4.39 Å². The van der Waals surface area contributed by atoms with Crippen LogP contribution >= 0.6 is 0 Å². The van der Waals surface area contributed by atoms with Crippen LogP contribution in [0, 0.1) is 5.82 Å². The van der Waals surface area contributed by atoms with Gasteiger partial charge in [-0.2, -0.15) is 0 Å². The number of nitrogens with one attached hydrogen (secondary N) is 1. The number of rotatable bonds is 4. The van der Waals surface area contributed by atoms with Crippen molar-refractivity contribution in [2.45, 2.75) is 13.3 Å². The first-order valence-electron chi connectivity index (χ1n) is 6.67. The molecule has 0 aliphatic carbocycles. The van der Waals surface area contributed by atoms with E-state index in [1.165, 1.54) is 0 Å². The van der Waals surface area contributed by atoms with Crippen LogP contribution in [0.4, 0.5) is 15.8 Å². The quantitative estimate of drug-likeness (QED) is 0.886. The molecule has 1 fully saturated rings. The van der Waals surface area contributed by atoms with Crippen LogP contribution in [-0.2, 0) is 0 Å². The van der Waals surface area contributed by atoms with E-state index in [1.807, 2.05) is 12.1 Å². The van der Waals surface area contributed by atoms with Crippen LogP contribution in [0.5, 0.6) is 0 Å². The summed E-state index contributed by atoms with van der Waals surface area (Å²) in [4.78, 5) is 4.39. The lowest BCUT2D eigenvalue weighted by atomic mass is 10.2. The van der Waals surface area contributed by atoms with Gasteiger partial charge in [0.05, 0.1) is 5.69 Å². The van der Waals surface area contributed by atoms with Crippen molar-refractivity contribution in [3.8, 4) is 0 Å². The van der Waals surface area contributed by atoms with Crippen LogP contribution in [0.3, 0.4) is 0 Å². The van der Waals surface area contributed by atoms with Gasteiger partial charge in [0.1, 0.15) is 5.82 Å². The monoisotopic (exact) mass is 251 g/mol. The molecule has 0 amide bonds. The zero-order valence-corrected chi connectivity index (χ0v) is 11.2. The lowest BCUT2D eigenvalue weighted by Crippen LogP contribution is -2.44. The average molecular weight is 251 g/mol. The second kappa shape index (κ2) is 6.05. The Morgan fingerprint density at radius 3 is 2.56 bits per heavy atom. The number of benzene rings is 1. The third-order valence-corrected chi connectivity index (χ3v) is 3.37. The Morgan fingerprint density at radius 1 is 1.22 bits per heavy atom. The van der Waals surface area contributed by atoms with Gasteiger partial charge in [0.25, 0.3) is 0 Å². The standard InChI is InChI=1S/C14H22FN3/c1-3-6-16-12-4-5-14(13(15)11-12)18-9-7-17(2)8-10-18/h4-5,11,16H,3,6-10H2,1-2H3. The molecule has 0 saturated carbocycles. The van der Waals surface area contributed by atoms with Crippen molar-refractivity contribution >= 4 is 11.4 Å². The van der Waals surface area contributed by atoms with Gasteiger partial charge in [-0.3, -0.25) is 0 Å². The Balaban J connectivity index is 2.05. The van der Waals surface area contributed by atoms with Gasteiger partial charge in [-0.15, -0.1) is 0 Å². The summed E-state index contributed by atoms with van der Waals surface area (Å²) in [5, 5.41) is 3.21. The summed E-state index contributed by atoms with van der Waals surface area (Å²) in [6, 6.07) is 5.45. The summed E-state index contributed by atoms with van der Waals surface area (Å²) >= 11 is 0. The topological polar surface area (TPSA) is 18.5 Å². The molecule has 1 saturated heterocycles. The van der Waals surface area contributed by atoms with Crippen molar-refractivity contribution in [3.05, 3.63) is 24.0 Å². The van der Waals surface area contributed by atoms with Crippen molar-refractivity contribution in [1.29, 1.82) is 0 Å². The Hall–Kier alpha value is -1.29. The Kier molecular flexibility index (Phi) is 4.42. The molecule has 0 aromatic heterocycles. The first-order chi connectivity index (χ1) is 8.70. The maximum absolute atomic E-state index is 14.1. The lowest BCUT2D eigenvalue weighted by Gasteiger charge is -2.34. The van der Waals surface area contributed by atoms with E-state index in [0.29, 0.717) is 0 Å². The highest BCUT2D eigenvalue weighted by Gasteiger charge is 2.17. The summed E-state index contributed by atoms with van der Waals surface area (Å²) in [5.74, 6) is -0.124. The smallest absolute Gasteiger partial charge is 0.148 e. The van der Waals surface area contributed by atoms with Crippen molar-refractivity contribution in [1.82, 2.24) is 4.90 Å². The summed E-state index contributed by atoms with van der Waals surface area (Å²) in [6.07, 6.45) is 1.04. The van der Waals surface area contributed by atoms with E-state index in [0.717, 1.165) is 50.5 Å². The zero-order chi connectivity index (χ0) is 13.0. The zero-order valence-electron chi connectivity index (χ0n) is 11.2. The molecule has 4 heteroatoms. The van der Waals surface area contributed by atoms with Gasteiger partial charge in [-0.25, -0.2) is 4.39 Å². The van der Waals surface area contributed by atoms with Gasteiger partial charge in [-0.1, -0.05) is 6.92 Å². The minimum absolute atomic E-state index is 0.124. The molecule has 0 spiro atoms. The SMILES string of the molecule is CCCNc1ccc(N2CCN(C)CC2)c(F)c1. The fraction of sp³-hybridized carbons (Fsp3) is 0.571. The van der Waals surface area contributed by atoms with E-state index in [2.05, 4.69) is 29.1 Å². The maximum Gasteiger partial charge on any atom is 0.148 e. The third kappa shape index (κ3) is 3.13. The van der Waals surface area contributed by atoms with Gasteiger partial charge in [0, 0.05) is 38.4 Å². The number of anilines is 2. The lowest BCUT2D eigenvalue weighted by molar-refractivity contribution is 0.311. The molecule has 0 unspecified atom stereocenters. The average Bonchev–Trinajstić information content (AvgIpc) is 2.38. The minimum Gasteiger partial charge on any atom is -0.385 e. The third-order valence-electron chi connectivity index (χ3n) is 3.37. The van der Waals surface area contributed by atoms with Crippen LogP contribution in [0.1, 0.15) is 13.3 Å². The molecule has 1 aromatic carbocycles. The molecule has 0 atom stereocenters. The first-order valence-corrected chi connectivity index (χ1v) is 6.67. The molecule has 2 rings (SSSR count). The Bertz CT molecular complexity index is 387. The van der Waals surface area contributed by atoms with Crippen LogP contribution in [0.2, 0.25) is 0 Å². The summed E-state index contributed by atoms with van der Waals surface area (Å²) in [5.41, 5.74) is 1.59. The number of hydrogen-bond donors (Lipinski definition) is 1. The molecule has 1 heterocycles. The van der Waals surface area contributed by atoms with Crippen molar-refractivity contribution in [2.24, 2.45) is 0 Å². The molecule has 0 bridgehead atoms. The molecule has 100 valence electrons. The predicted molar refractivity (Wildman–Crippen MR) is 74.9 cm³/mol. The molecule has 3 nitrogen and oxygen atoms in total. The molecule has 1 aliphatic rings. The van der Waals surface area contributed by atoms with E-state index < -0.39 is 0 Å². The Morgan fingerprint density at radius 2 is 1.94 bits per heavy atom. The number of piperazine rings is 1. The van der Waals surface area contributed by atoms with E-state index >= 15 is 0 Å². The largest absolute Gasteiger partial charge is 0.385 e. The highest BCUT2D eigenvalue weighted by atomic mass is 19.1. The van der Waals surface area contributed by atoms with E-state index in [-0.39, 0.29) is 5.82 Å². The van der Waals surface area contributed by atoms with Crippen molar-refractivity contribution in [3.63, 3.8) is 0 Å². The van der Waals surface area contributed by atoms with Gasteiger partial charge >= 0.3 is 0 Å². The minimum atomic E-state index is -0.124. The number of nitrogens with zero attached hydrogens (tertiary/aromatic N) is 2. The molecule has 1 N–H and O–H groups in total. The molecular formula is C14H22FN3. The molecule has 1 aliphatic heterocycles. The van der Waals surface area contributed by atoms with Crippen LogP contribution in [-0.4, -0.2) is 44.7 Å². The first kappa shape index (κ1) is 13.1. The van der Waals surface area contributed by atoms with Crippen LogP contribution in [0.15, 0.2) is 18.2 Å². The van der Waals surface area contributed by atoms with E-state index in [9.17, 15) is 4.39 Å². The fourth-order valence-electron chi connectivity index (χ4n) is 2.19. The summed E-state index contributed by atoms with van der Waals surface area (Å²) < 4.78 is 14.1. The van der Waals surface area contributed by atoms with Gasteiger partial charge in [-0.05, 0) is 31.7 Å². The Labute approximate surface area is 109 Å². The summed E-state index contributed by atoms with van der Waals surface area (Å²) in [6.45, 7) is 6.77. The van der Waals surface area contributed by atoms with Crippen molar-refractivity contribution in [2.75, 3.05) is 50.0 Å². The second-order valence-corrected chi connectivity index (χ2v) is 4.88. The van der Waals surface area contributed by atoms with Crippen LogP contribution in [0.25, 0.3) is 0 Å². The molecular weight excluding hydrogens is 229 g/mol. The van der Waals surface area contributed by atoms with Gasteiger partial charge < -0.3 is 15.1 Å². The molecule has 1 aromatic rings. The predicted octanol–water partition coefficient (Wildman–Crippen LogP) is 2.40. The number of halogens is 1. The van der Waals surface area contributed by atoms with Crippen LogP contribution < -0.4 is 10.2 Å². The maximum atomic E-state index is 14.1. The fourth-order valence-corrected chi connectivity index (χ4v) is 2.19. The molecule has 0 radical (unpaired) electrons. The number of likely N-dealkylation sites (N-methyl/N-ethyl adjacent to an activating group) is 1. The molecule has 18 heavy (non-hydrogen) atoms. The number of hydrogen-bond acceptors (Lipinski definition) is 3. The van der Waals surface area contributed by atoms with E-state index in [4.69, 9.17) is 0 Å². The van der Waals surface area contributed by atoms with Gasteiger partial charge in [0.15, 0.2) is 0 Å².